The molecule has 110 valence electrons. The zero-order chi connectivity index (χ0) is 13.8. The SMILES string of the molecule is CCNc1cncc(N2CCN(C3CCCC3)CC2)c1. The molecule has 3 rings (SSSR count). The molecule has 1 aliphatic heterocycles. The summed E-state index contributed by atoms with van der Waals surface area (Å²) in [5, 5.41) is 3.34. The first-order valence-corrected chi connectivity index (χ1v) is 8.04. The van der Waals surface area contributed by atoms with Gasteiger partial charge in [-0.2, -0.15) is 0 Å². The summed E-state index contributed by atoms with van der Waals surface area (Å²) in [5.74, 6) is 0. The summed E-state index contributed by atoms with van der Waals surface area (Å²) in [4.78, 5) is 9.53. The first-order valence-electron chi connectivity index (χ1n) is 8.04. The predicted molar refractivity (Wildman–Crippen MR) is 84.4 cm³/mol. The minimum absolute atomic E-state index is 0.864. The molecule has 1 saturated carbocycles. The lowest BCUT2D eigenvalue weighted by Crippen LogP contribution is -2.49. The first-order chi connectivity index (χ1) is 9.86. The molecule has 1 aromatic rings. The monoisotopic (exact) mass is 274 g/mol. The van der Waals surface area contributed by atoms with Gasteiger partial charge in [0.05, 0.1) is 23.8 Å². The number of anilines is 2. The van der Waals surface area contributed by atoms with Crippen molar-refractivity contribution in [1.82, 2.24) is 9.88 Å². The fraction of sp³-hybridized carbons (Fsp3) is 0.688. The minimum Gasteiger partial charge on any atom is -0.384 e. The Kier molecular flexibility index (Phi) is 4.41. The third-order valence-electron chi connectivity index (χ3n) is 4.63. The number of hydrogen-bond acceptors (Lipinski definition) is 4. The highest BCUT2D eigenvalue weighted by Gasteiger charge is 2.26. The van der Waals surface area contributed by atoms with E-state index in [0.29, 0.717) is 0 Å². The van der Waals surface area contributed by atoms with Crippen LogP contribution < -0.4 is 10.2 Å². The molecule has 4 nitrogen and oxygen atoms in total. The summed E-state index contributed by atoms with van der Waals surface area (Å²) in [5.41, 5.74) is 2.39. The summed E-state index contributed by atoms with van der Waals surface area (Å²) in [6.45, 7) is 7.74. The van der Waals surface area contributed by atoms with E-state index in [1.165, 1.54) is 44.5 Å². The molecule has 0 aromatic carbocycles. The van der Waals surface area contributed by atoms with Crippen molar-refractivity contribution >= 4 is 11.4 Å². The molecule has 1 saturated heterocycles. The van der Waals surface area contributed by atoms with Crippen molar-refractivity contribution < 1.29 is 0 Å². The van der Waals surface area contributed by atoms with E-state index in [2.05, 4.69) is 33.1 Å². The van der Waals surface area contributed by atoms with Crippen molar-refractivity contribution in [1.29, 1.82) is 0 Å². The van der Waals surface area contributed by atoms with E-state index in [0.717, 1.165) is 31.4 Å². The summed E-state index contributed by atoms with van der Waals surface area (Å²) < 4.78 is 0. The van der Waals surface area contributed by atoms with Crippen molar-refractivity contribution in [3.63, 3.8) is 0 Å². The summed E-state index contributed by atoms with van der Waals surface area (Å²) in [6, 6.07) is 3.09. The van der Waals surface area contributed by atoms with Gasteiger partial charge in [0, 0.05) is 38.8 Å². The molecule has 1 aliphatic carbocycles. The second-order valence-electron chi connectivity index (χ2n) is 5.92. The molecule has 0 atom stereocenters. The Morgan fingerprint density at radius 3 is 2.60 bits per heavy atom. The lowest BCUT2D eigenvalue weighted by atomic mass is 10.1. The van der Waals surface area contributed by atoms with Crippen LogP contribution in [-0.2, 0) is 0 Å². The van der Waals surface area contributed by atoms with Gasteiger partial charge >= 0.3 is 0 Å². The highest BCUT2D eigenvalue weighted by molar-refractivity contribution is 5.55. The number of nitrogens with zero attached hydrogens (tertiary/aromatic N) is 3. The van der Waals surface area contributed by atoms with Gasteiger partial charge in [-0.05, 0) is 25.8 Å². The molecule has 0 radical (unpaired) electrons. The van der Waals surface area contributed by atoms with Crippen LogP contribution in [0.3, 0.4) is 0 Å². The maximum absolute atomic E-state index is 4.36. The van der Waals surface area contributed by atoms with Crippen LogP contribution in [0.4, 0.5) is 11.4 Å². The van der Waals surface area contributed by atoms with Gasteiger partial charge in [0.25, 0.3) is 0 Å². The summed E-state index contributed by atoms with van der Waals surface area (Å²) in [6.07, 6.45) is 9.59. The quantitative estimate of drug-likeness (QED) is 0.914. The molecular formula is C16H26N4. The molecule has 2 heterocycles. The number of aromatic nitrogens is 1. The fourth-order valence-electron chi connectivity index (χ4n) is 3.52. The summed E-state index contributed by atoms with van der Waals surface area (Å²) >= 11 is 0. The lowest BCUT2D eigenvalue weighted by molar-refractivity contribution is 0.187. The highest BCUT2D eigenvalue weighted by atomic mass is 15.3. The Labute approximate surface area is 122 Å². The van der Waals surface area contributed by atoms with Crippen LogP contribution in [0.1, 0.15) is 32.6 Å². The van der Waals surface area contributed by atoms with Gasteiger partial charge in [-0.3, -0.25) is 9.88 Å². The standard InChI is InChI=1S/C16H26N4/c1-2-18-14-11-16(13-17-12-14)20-9-7-19(8-10-20)15-5-3-4-6-15/h11-13,15,18H,2-10H2,1H3. The maximum atomic E-state index is 4.36. The number of pyridine rings is 1. The van der Waals surface area contributed by atoms with E-state index in [9.17, 15) is 0 Å². The number of piperazine rings is 1. The topological polar surface area (TPSA) is 31.4 Å². The van der Waals surface area contributed by atoms with Crippen LogP contribution in [0.25, 0.3) is 0 Å². The maximum Gasteiger partial charge on any atom is 0.0574 e. The second kappa shape index (κ2) is 6.44. The molecular weight excluding hydrogens is 248 g/mol. The first kappa shape index (κ1) is 13.7. The van der Waals surface area contributed by atoms with E-state index in [1.54, 1.807) is 0 Å². The molecule has 2 aliphatic rings. The van der Waals surface area contributed by atoms with Gasteiger partial charge in [0.15, 0.2) is 0 Å². The Balaban J connectivity index is 1.58. The van der Waals surface area contributed by atoms with Crippen molar-refractivity contribution in [3.8, 4) is 0 Å². The Morgan fingerprint density at radius 1 is 1.15 bits per heavy atom. The van der Waals surface area contributed by atoms with Gasteiger partial charge < -0.3 is 10.2 Å². The van der Waals surface area contributed by atoms with E-state index < -0.39 is 0 Å². The lowest BCUT2D eigenvalue weighted by Gasteiger charge is -2.39. The molecule has 4 heteroatoms. The smallest absolute Gasteiger partial charge is 0.0574 e. The zero-order valence-corrected chi connectivity index (χ0v) is 12.5. The van der Waals surface area contributed by atoms with E-state index in [4.69, 9.17) is 0 Å². The molecule has 0 unspecified atom stereocenters. The number of rotatable bonds is 4. The largest absolute Gasteiger partial charge is 0.384 e. The summed E-state index contributed by atoms with van der Waals surface area (Å²) in [7, 11) is 0. The van der Waals surface area contributed by atoms with Gasteiger partial charge in [-0.15, -0.1) is 0 Å². The van der Waals surface area contributed by atoms with Crippen molar-refractivity contribution in [3.05, 3.63) is 18.5 Å². The van der Waals surface area contributed by atoms with Gasteiger partial charge in [-0.25, -0.2) is 0 Å². The Morgan fingerprint density at radius 2 is 1.90 bits per heavy atom. The van der Waals surface area contributed by atoms with Crippen molar-refractivity contribution in [2.24, 2.45) is 0 Å². The predicted octanol–water partition coefficient (Wildman–Crippen LogP) is 2.58. The van der Waals surface area contributed by atoms with Crippen LogP contribution in [-0.4, -0.2) is 48.6 Å². The molecule has 0 bridgehead atoms. The highest BCUT2D eigenvalue weighted by Crippen LogP contribution is 2.26. The Hall–Kier alpha value is -1.29. The third-order valence-corrected chi connectivity index (χ3v) is 4.63. The normalized spacial score (nSPS) is 21.4. The second-order valence-corrected chi connectivity index (χ2v) is 5.92. The molecule has 0 amide bonds. The van der Waals surface area contributed by atoms with Crippen LogP contribution in [0.2, 0.25) is 0 Å². The average Bonchev–Trinajstić information content (AvgIpc) is 3.02. The zero-order valence-electron chi connectivity index (χ0n) is 12.5. The molecule has 20 heavy (non-hydrogen) atoms. The van der Waals surface area contributed by atoms with Crippen LogP contribution in [0.5, 0.6) is 0 Å². The van der Waals surface area contributed by atoms with Gasteiger partial charge in [0.1, 0.15) is 0 Å². The number of hydrogen-bond donors (Lipinski definition) is 1. The van der Waals surface area contributed by atoms with Crippen LogP contribution in [0, 0.1) is 0 Å². The average molecular weight is 274 g/mol. The Bertz CT molecular complexity index is 420. The third kappa shape index (κ3) is 3.06. The molecule has 2 fully saturated rings. The fourth-order valence-corrected chi connectivity index (χ4v) is 3.52. The van der Waals surface area contributed by atoms with E-state index in [1.807, 2.05) is 12.4 Å². The van der Waals surface area contributed by atoms with E-state index >= 15 is 0 Å². The van der Waals surface area contributed by atoms with Crippen molar-refractivity contribution in [2.45, 2.75) is 38.6 Å². The minimum atomic E-state index is 0.864. The molecule has 1 N–H and O–H groups in total. The van der Waals surface area contributed by atoms with Crippen molar-refractivity contribution in [2.75, 3.05) is 42.9 Å². The van der Waals surface area contributed by atoms with Gasteiger partial charge in [-0.1, -0.05) is 12.8 Å². The molecule has 0 spiro atoms. The van der Waals surface area contributed by atoms with Gasteiger partial charge in [0.2, 0.25) is 0 Å². The number of nitrogens with one attached hydrogen (secondary N) is 1. The molecule has 1 aromatic heterocycles. The van der Waals surface area contributed by atoms with Crippen LogP contribution in [0.15, 0.2) is 18.5 Å². The van der Waals surface area contributed by atoms with E-state index in [-0.39, 0.29) is 0 Å². The van der Waals surface area contributed by atoms with Crippen LogP contribution >= 0.6 is 0 Å².